The van der Waals surface area contributed by atoms with Gasteiger partial charge in [0.2, 0.25) is 5.91 Å². The van der Waals surface area contributed by atoms with Crippen molar-refractivity contribution >= 4 is 5.91 Å². The first kappa shape index (κ1) is 14.7. The van der Waals surface area contributed by atoms with Crippen molar-refractivity contribution in [2.24, 2.45) is 0 Å². The molecule has 1 amide bonds. The van der Waals surface area contributed by atoms with Crippen LogP contribution in [0.5, 0.6) is 11.5 Å². The molecule has 0 saturated carbocycles. The molecule has 1 fully saturated rings. The molecule has 1 aromatic carbocycles. The Balaban J connectivity index is 1.97. The fourth-order valence-corrected chi connectivity index (χ4v) is 2.44. The molecule has 2 N–H and O–H groups in total. The first-order valence-electron chi connectivity index (χ1n) is 6.88. The molecule has 1 aromatic rings. The number of benzene rings is 1. The maximum atomic E-state index is 11.2. The van der Waals surface area contributed by atoms with E-state index in [-0.39, 0.29) is 18.0 Å². The Labute approximate surface area is 119 Å². The molecule has 20 heavy (non-hydrogen) atoms. The third-order valence-corrected chi connectivity index (χ3v) is 3.66. The molecule has 1 saturated heterocycles. The molecule has 0 spiro atoms. The van der Waals surface area contributed by atoms with Crippen LogP contribution in [0.15, 0.2) is 18.2 Å². The molecular weight excluding hydrogens is 256 g/mol. The fraction of sp³-hybridized carbons (Fsp3) is 0.533. The van der Waals surface area contributed by atoms with Crippen molar-refractivity contribution < 1.29 is 14.3 Å². The van der Waals surface area contributed by atoms with Crippen LogP contribution in [-0.2, 0) is 4.79 Å². The second-order valence-electron chi connectivity index (χ2n) is 5.04. The Bertz CT molecular complexity index is 476. The van der Waals surface area contributed by atoms with Crippen LogP contribution in [0.3, 0.4) is 0 Å². The van der Waals surface area contributed by atoms with Crippen LogP contribution in [0, 0.1) is 0 Å². The van der Waals surface area contributed by atoms with E-state index in [0.717, 1.165) is 30.0 Å². The van der Waals surface area contributed by atoms with Crippen LogP contribution < -0.4 is 20.1 Å². The van der Waals surface area contributed by atoms with E-state index >= 15 is 0 Å². The average molecular weight is 278 g/mol. The Morgan fingerprint density at radius 3 is 2.80 bits per heavy atom. The predicted molar refractivity (Wildman–Crippen MR) is 77.1 cm³/mol. The van der Waals surface area contributed by atoms with E-state index in [2.05, 4.69) is 17.6 Å². The van der Waals surface area contributed by atoms with E-state index in [1.807, 2.05) is 18.2 Å². The number of ether oxygens (including phenoxy) is 2. The zero-order valence-corrected chi connectivity index (χ0v) is 12.2. The molecule has 2 unspecified atom stereocenters. The van der Waals surface area contributed by atoms with Gasteiger partial charge in [-0.15, -0.1) is 0 Å². The summed E-state index contributed by atoms with van der Waals surface area (Å²) >= 11 is 0. The SMILES string of the molecule is COc1ccc(C(C)NCC2CCC(=O)N2)c(OC)c1. The zero-order valence-electron chi connectivity index (χ0n) is 12.2. The van der Waals surface area contributed by atoms with Crippen LogP contribution in [0.4, 0.5) is 0 Å². The van der Waals surface area contributed by atoms with Gasteiger partial charge in [0.25, 0.3) is 0 Å². The lowest BCUT2D eigenvalue weighted by atomic mass is 10.1. The molecule has 0 aromatic heterocycles. The highest BCUT2D eigenvalue weighted by molar-refractivity contribution is 5.78. The van der Waals surface area contributed by atoms with Gasteiger partial charge in [-0.3, -0.25) is 4.79 Å². The summed E-state index contributed by atoms with van der Waals surface area (Å²) in [6.45, 7) is 2.85. The summed E-state index contributed by atoms with van der Waals surface area (Å²) in [5, 5.41) is 6.39. The Morgan fingerprint density at radius 2 is 2.20 bits per heavy atom. The minimum absolute atomic E-state index is 0.145. The van der Waals surface area contributed by atoms with Crippen LogP contribution in [0.2, 0.25) is 0 Å². The highest BCUT2D eigenvalue weighted by Crippen LogP contribution is 2.29. The first-order chi connectivity index (χ1) is 9.63. The molecule has 5 nitrogen and oxygen atoms in total. The van der Waals surface area contributed by atoms with Gasteiger partial charge in [0, 0.05) is 36.7 Å². The average Bonchev–Trinajstić information content (AvgIpc) is 2.89. The van der Waals surface area contributed by atoms with Gasteiger partial charge in [-0.05, 0) is 19.4 Å². The van der Waals surface area contributed by atoms with Gasteiger partial charge in [0.05, 0.1) is 14.2 Å². The number of nitrogens with one attached hydrogen (secondary N) is 2. The first-order valence-corrected chi connectivity index (χ1v) is 6.88. The van der Waals surface area contributed by atoms with Crippen molar-refractivity contribution in [1.29, 1.82) is 0 Å². The number of amides is 1. The molecular formula is C15H22N2O3. The van der Waals surface area contributed by atoms with Crippen molar-refractivity contribution in [3.8, 4) is 11.5 Å². The zero-order chi connectivity index (χ0) is 14.5. The van der Waals surface area contributed by atoms with Crippen LogP contribution in [-0.4, -0.2) is 32.7 Å². The summed E-state index contributed by atoms with van der Waals surface area (Å²) < 4.78 is 10.6. The number of methoxy groups -OCH3 is 2. The molecule has 1 aliphatic rings. The normalized spacial score (nSPS) is 19.6. The second-order valence-corrected chi connectivity index (χ2v) is 5.04. The number of carbonyl (C=O) groups excluding carboxylic acids is 1. The lowest BCUT2D eigenvalue weighted by Crippen LogP contribution is -2.36. The monoisotopic (exact) mass is 278 g/mol. The summed E-state index contributed by atoms with van der Waals surface area (Å²) in [7, 11) is 3.29. The quantitative estimate of drug-likeness (QED) is 0.830. The lowest BCUT2D eigenvalue weighted by Gasteiger charge is -2.20. The number of hydrogen-bond donors (Lipinski definition) is 2. The molecule has 0 bridgehead atoms. The van der Waals surface area contributed by atoms with Crippen molar-refractivity contribution in [2.45, 2.75) is 31.8 Å². The van der Waals surface area contributed by atoms with Crippen molar-refractivity contribution in [2.75, 3.05) is 20.8 Å². The van der Waals surface area contributed by atoms with Gasteiger partial charge in [0.1, 0.15) is 11.5 Å². The van der Waals surface area contributed by atoms with E-state index in [9.17, 15) is 4.79 Å². The van der Waals surface area contributed by atoms with Crippen LogP contribution in [0.1, 0.15) is 31.4 Å². The second kappa shape index (κ2) is 6.61. The van der Waals surface area contributed by atoms with E-state index in [1.165, 1.54) is 0 Å². The van der Waals surface area contributed by atoms with Crippen molar-refractivity contribution in [1.82, 2.24) is 10.6 Å². The molecule has 0 radical (unpaired) electrons. The Morgan fingerprint density at radius 1 is 1.40 bits per heavy atom. The van der Waals surface area contributed by atoms with Gasteiger partial charge in [0.15, 0.2) is 0 Å². The molecule has 110 valence electrons. The Hall–Kier alpha value is -1.75. The largest absolute Gasteiger partial charge is 0.497 e. The van der Waals surface area contributed by atoms with E-state index < -0.39 is 0 Å². The van der Waals surface area contributed by atoms with Gasteiger partial charge >= 0.3 is 0 Å². The summed E-state index contributed by atoms with van der Waals surface area (Å²) in [5.74, 6) is 1.73. The fourth-order valence-electron chi connectivity index (χ4n) is 2.44. The topological polar surface area (TPSA) is 59.6 Å². The summed E-state index contributed by atoms with van der Waals surface area (Å²) in [6.07, 6.45) is 1.53. The van der Waals surface area contributed by atoms with Crippen LogP contribution in [0.25, 0.3) is 0 Å². The molecule has 1 aliphatic heterocycles. The molecule has 5 heteroatoms. The maximum Gasteiger partial charge on any atom is 0.220 e. The standard InChI is InChI=1S/C15H22N2O3/c1-10(16-9-11-4-7-15(18)17-11)13-6-5-12(19-2)8-14(13)20-3/h5-6,8,10-11,16H,4,7,9H2,1-3H3,(H,17,18). The van der Waals surface area contributed by atoms with E-state index in [4.69, 9.17) is 9.47 Å². The minimum Gasteiger partial charge on any atom is -0.497 e. The summed E-state index contributed by atoms with van der Waals surface area (Å²) in [4.78, 5) is 11.2. The number of rotatable bonds is 6. The number of hydrogen-bond acceptors (Lipinski definition) is 4. The molecule has 2 rings (SSSR count). The summed E-state index contributed by atoms with van der Waals surface area (Å²) in [5.41, 5.74) is 1.08. The van der Waals surface area contributed by atoms with E-state index in [0.29, 0.717) is 6.42 Å². The summed E-state index contributed by atoms with van der Waals surface area (Å²) in [6, 6.07) is 6.18. The predicted octanol–water partition coefficient (Wildman–Crippen LogP) is 1.63. The Kier molecular flexibility index (Phi) is 4.84. The van der Waals surface area contributed by atoms with Gasteiger partial charge in [-0.1, -0.05) is 6.07 Å². The van der Waals surface area contributed by atoms with Gasteiger partial charge in [-0.2, -0.15) is 0 Å². The van der Waals surface area contributed by atoms with Crippen molar-refractivity contribution in [3.05, 3.63) is 23.8 Å². The highest BCUT2D eigenvalue weighted by atomic mass is 16.5. The number of carbonyl (C=O) groups is 1. The molecule has 1 heterocycles. The minimum atomic E-state index is 0.145. The third-order valence-electron chi connectivity index (χ3n) is 3.66. The van der Waals surface area contributed by atoms with Crippen molar-refractivity contribution in [3.63, 3.8) is 0 Å². The van der Waals surface area contributed by atoms with Gasteiger partial charge < -0.3 is 20.1 Å². The smallest absolute Gasteiger partial charge is 0.220 e. The lowest BCUT2D eigenvalue weighted by molar-refractivity contribution is -0.119. The maximum absolute atomic E-state index is 11.2. The van der Waals surface area contributed by atoms with Crippen LogP contribution >= 0.6 is 0 Å². The highest BCUT2D eigenvalue weighted by Gasteiger charge is 2.21. The van der Waals surface area contributed by atoms with E-state index in [1.54, 1.807) is 14.2 Å². The molecule has 2 atom stereocenters. The van der Waals surface area contributed by atoms with Gasteiger partial charge in [-0.25, -0.2) is 0 Å². The third kappa shape index (κ3) is 3.42. The molecule has 0 aliphatic carbocycles.